The van der Waals surface area contributed by atoms with Crippen molar-refractivity contribution in [2.75, 3.05) is 0 Å². The van der Waals surface area contributed by atoms with E-state index in [4.69, 9.17) is 9.84 Å². The minimum atomic E-state index is -0.869. The van der Waals surface area contributed by atoms with Crippen molar-refractivity contribution in [2.24, 2.45) is 17.8 Å². The fourth-order valence-electron chi connectivity index (χ4n) is 4.22. The van der Waals surface area contributed by atoms with E-state index in [1.807, 2.05) is 13.0 Å². The summed E-state index contributed by atoms with van der Waals surface area (Å²) >= 11 is 0. The first-order valence-electron chi connectivity index (χ1n) is 10.4. The number of carbonyl (C=O) groups is 1. The highest BCUT2D eigenvalue weighted by Crippen LogP contribution is 2.46. The number of aliphatic hydroxyl groups excluding tert-OH is 2. The summed E-state index contributed by atoms with van der Waals surface area (Å²) < 4.78 is 5.96. The Balaban J connectivity index is 2.00. The van der Waals surface area contributed by atoms with E-state index in [0.29, 0.717) is 37.0 Å². The summed E-state index contributed by atoms with van der Waals surface area (Å²) in [6.45, 7) is 4.17. The van der Waals surface area contributed by atoms with Gasteiger partial charge in [0.25, 0.3) is 0 Å². The molecule has 156 valence electrons. The van der Waals surface area contributed by atoms with E-state index in [0.717, 1.165) is 19.3 Å². The molecule has 28 heavy (non-hydrogen) atoms. The van der Waals surface area contributed by atoms with E-state index in [-0.39, 0.29) is 30.3 Å². The SMILES string of the molecule is CCCCC(C)[C@H](O)/C=C/[C@@H]1[C@H]2C/C(=C(/C#N)CCCC(=O)O)O[C@H]2C[C@H]1O. The van der Waals surface area contributed by atoms with Gasteiger partial charge in [0.2, 0.25) is 0 Å². The van der Waals surface area contributed by atoms with Gasteiger partial charge in [-0.25, -0.2) is 0 Å². The number of aliphatic carboxylic acids is 1. The van der Waals surface area contributed by atoms with Gasteiger partial charge in [0.15, 0.2) is 0 Å². The second-order valence-electron chi connectivity index (χ2n) is 8.16. The molecule has 6 nitrogen and oxygen atoms in total. The summed E-state index contributed by atoms with van der Waals surface area (Å²) in [7, 11) is 0. The Kier molecular flexibility index (Phi) is 8.53. The fraction of sp³-hybridized carbons (Fsp3) is 0.727. The first-order chi connectivity index (χ1) is 13.4. The van der Waals surface area contributed by atoms with E-state index in [1.165, 1.54) is 0 Å². The maximum Gasteiger partial charge on any atom is 0.303 e. The van der Waals surface area contributed by atoms with E-state index >= 15 is 0 Å². The molecule has 1 saturated heterocycles. The van der Waals surface area contributed by atoms with Gasteiger partial charge in [0.05, 0.1) is 23.9 Å². The molecule has 1 aliphatic heterocycles. The van der Waals surface area contributed by atoms with Crippen molar-refractivity contribution in [2.45, 2.75) is 83.5 Å². The van der Waals surface area contributed by atoms with Gasteiger partial charge >= 0.3 is 5.97 Å². The van der Waals surface area contributed by atoms with Gasteiger partial charge in [-0.15, -0.1) is 0 Å². The van der Waals surface area contributed by atoms with Crippen molar-refractivity contribution < 1.29 is 24.9 Å². The Morgan fingerprint density at radius 1 is 1.39 bits per heavy atom. The highest BCUT2D eigenvalue weighted by atomic mass is 16.5. The van der Waals surface area contributed by atoms with Gasteiger partial charge in [-0.2, -0.15) is 5.26 Å². The molecule has 0 amide bonds. The van der Waals surface area contributed by atoms with Crippen LogP contribution in [0.15, 0.2) is 23.5 Å². The summed E-state index contributed by atoms with van der Waals surface area (Å²) in [6.07, 6.45) is 7.65. The van der Waals surface area contributed by atoms with Crippen molar-refractivity contribution in [1.82, 2.24) is 0 Å². The van der Waals surface area contributed by atoms with Gasteiger partial charge in [0.1, 0.15) is 11.9 Å². The molecule has 0 radical (unpaired) electrons. The van der Waals surface area contributed by atoms with Crippen LogP contribution in [-0.2, 0) is 9.53 Å². The van der Waals surface area contributed by atoms with Crippen molar-refractivity contribution in [3.63, 3.8) is 0 Å². The van der Waals surface area contributed by atoms with Crippen molar-refractivity contribution in [3.05, 3.63) is 23.5 Å². The molecule has 0 aromatic rings. The lowest BCUT2D eigenvalue weighted by atomic mass is 9.89. The third kappa shape index (κ3) is 5.83. The monoisotopic (exact) mass is 391 g/mol. The number of aliphatic hydroxyl groups is 2. The van der Waals surface area contributed by atoms with Crippen LogP contribution >= 0.6 is 0 Å². The number of hydrogen-bond donors (Lipinski definition) is 3. The van der Waals surface area contributed by atoms with Crippen molar-refractivity contribution in [1.29, 1.82) is 5.26 Å². The molecule has 3 N–H and O–H groups in total. The second kappa shape index (κ2) is 10.6. The lowest BCUT2D eigenvalue weighted by molar-refractivity contribution is -0.137. The predicted molar refractivity (Wildman–Crippen MR) is 105 cm³/mol. The largest absolute Gasteiger partial charge is 0.493 e. The van der Waals surface area contributed by atoms with Crippen molar-refractivity contribution >= 4 is 5.97 Å². The number of hydrogen-bond acceptors (Lipinski definition) is 5. The molecule has 2 fully saturated rings. The maximum absolute atomic E-state index is 10.7. The van der Waals surface area contributed by atoms with Crippen LogP contribution < -0.4 is 0 Å². The Morgan fingerprint density at radius 3 is 2.79 bits per heavy atom. The second-order valence-corrected chi connectivity index (χ2v) is 8.16. The molecule has 2 rings (SSSR count). The third-order valence-electron chi connectivity index (χ3n) is 6.02. The van der Waals surface area contributed by atoms with E-state index in [9.17, 15) is 20.3 Å². The van der Waals surface area contributed by atoms with Gasteiger partial charge in [-0.1, -0.05) is 38.8 Å². The van der Waals surface area contributed by atoms with E-state index in [2.05, 4.69) is 13.0 Å². The average molecular weight is 392 g/mol. The lowest BCUT2D eigenvalue weighted by Crippen LogP contribution is -2.20. The van der Waals surface area contributed by atoms with Crippen LogP contribution in [0.1, 0.15) is 65.2 Å². The van der Waals surface area contributed by atoms with Gasteiger partial charge in [-0.05, 0) is 25.2 Å². The number of carboxylic acid groups (broad SMARTS) is 1. The molecule has 1 heterocycles. The number of unbranched alkanes of at least 4 members (excludes halogenated alkanes) is 1. The number of rotatable bonds is 10. The first kappa shape index (κ1) is 22.4. The van der Waals surface area contributed by atoms with Gasteiger partial charge < -0.3 is 20.1 Å². The number of nitriles is 1. The highest BCUT2D eigenvalue weighted by Gasteiger charge is 2.47. The van der Waals surface area contributed by atoms with Gasteiger partial charge in [-0.3, -0.25) is 4.79 Å². The Morgan fingerprint density at radius 2 is 2.14 bits per heavy atom. The predicted octanol–water partition coefficient (Wildman–Crippen LogP) is 3.55. The summed E-state index contributed by atoms with van der Waals surface area (Å²) in [6, 6.07) is 2.16. The zero-order valence-corrected chi connectivity index (χ0v) is 16.9. The molecular formula is C22H33NO5. The quantitative estimate of drug-likeness (QED) is 0.388. The molecule has 1 unspecified atom stereocenters. The Labute approximate surface area is 167 Å². The highest BCUT2D eigenvalue weighted by molar-refractivity contribution is 5.66. The number of allylic oxidation sites excluding steroid dienone is 2. The van der Waals surface area contributed by atoms with E-state index in [1.54, 1.807) is 6.08 Å². The number of carboxylic acids is 1. The summed E-state index contributed by atoms with van der Waals surface area (Å²) in [4.78, 5) is 10.7. The molecule has 0 bridgehead atoms. The first-order valence-corrected chi connectivity index (χ1v) is 10.4. The summed E-state index contributed by atoms with van der Waals surface area (Å²) in [5.41, 5.74) is 0.515. The van der Waals surface area contributed by atoms with Crippen LogP contribution in [0.2, 0.25) is 0 Å². The number of ether oxygens (including phenoxy) is 1. The summed E-state index contributed by atoms with van der Waals surface area (Å²) in [5.74, 6) is -0.0615. The minimum absolute atomic E-state index is 0.0312. The van der Waals surface area contributed by atoms with Crippen LogP contribution in [0.25, 0.3) is 0 Å². The smallest absolute Gasteiger partial charge is 0.303 e. The molecule has 6 heteroatoms. The third-order valence-corrected chi connectivity index (χ3v) is 6.02. The molecule has 0 aromatic carbocycles. The zero-order chi connectivity index (χ0) is 20.7. The topological polar surface area (TPSA) is 111 Å². The van der Waals surface area contributed by atoms with Crippen LogP contribution in [0, 0.1) is 29.1 Å². The van der Waals surface area contributed by atoms with Crippen molar-refractivity contribution in [3.8, 4) is 6.07 Å². The molecule has 2 aliphatic rings. The van der Waals surface area contributed by atoms with Crippen LogP contribution in [0.3, 0.4) is 0 Å². The fourth-order valence-corrected chi connectivity index (χ4v) is 4.22. The number of fused-ring (bicyclic) bond motifs is 1. The minimum Gasteiger partial charge on any atom is -0.493 e. The van der Waals surface area contributed by atoms with Crippen LogP contribution in [-0.4, -0.2) is 39.6 Å². The Bertz CT molecular complexity index is 635. The molecular weight excluding hydrogens is 358 g/mol. The molecule has 0 spiro atoms. The van der Waals surface area contributed by atoms with Gasteiger partial charge in [0, 0.05) is 31.1 Å². The molecule has 6 atom stereocenters. The maximum atomic E-state index is 10.7. The van der Waals surface area contributed by atoms with Crippen LogP contribution in [0.4, 0.5) is 0 Å². The number of nitrogens with zero attached hydrogens (tertiary/aromatic N) is 1. The molecule has 0 aromatic heterocycles. The zero-order valence-electron chi connectivity index (χ0n) is 16.9. The standard InChI is InChI=1S/C22H33NO5/c1-3-4-6-14(2)18(24)10-9-16-17-11-20(28-21(17)12-19(16)25)15(13-23)7-5-8-22(26)27/h9-10,14,16-19,21,24-25H,3-8,11-12H2,1-2H3,(H,26,27)/b10-9+,20-15-/t14?,16-,17-,18-,19-,21+/m1/s1. The Hall–Kier alpha value is -1.84. The molecule has 1 saturated carbocycles. The molecule has 1 aliphatic carbocycles. The summed E-state index contributed by atoms with van der Waals surface area (Å²) in [5, 5.41) is 38.9. The lowest BCUT2D eigenvalue weighted by Gasteiger charge is -2.18. The average Bonchev–Trinajstić information content (AvgIpc) is 3.18. The normalized spacial score (nSPS) is 30.5. The van der Waals surface area contributed by atoms with Crippen LogP contribution in [0.5, 0.6) is 0 Å². The van der Waals surface area contributed by atoms with E-state index < -0.39 is 18.2 Å².